The molecular weight excluding hydrogens is 444 g/mol. The lowest BCUT2D eigenvalue weighted by atomic mass is 9.88. The van der Waals surface area contributed by atoms with Gasteiger partial charge >= 0.3 is 0 Å². The molecule has 0 spiro atoms. The molecule has 0 radical (unpaired) electrons. The normalized spacial score (nSPS) is 23.2. The number of aliphatic hydroxyl groups excluding tert-OH is 2. The first-order valence-electron chi connectivity index (χ1n) is 10.9. The molecule has 0 aliphatic heterocycles. The molecule has 4 unspecified atom stereocenters. The number of nitrogens with zero attached hydrogens (tertiary/aromatic N) is 4. The molecule has 1 aliphatic carbocycles. The van der Waals surface area contributed by atoms with Gasteiger partial charge in [-0.1, -0.05) is 0 Å². The fourth-order valence-corrected chi connectivity index (χ4v) is 5.17. The molecule has 33 heavy (non-hydrogen) atoms. The van der Waals surface area contributed by atoms with Gasteiger partial charge in [0, 0.05) is 32.0 Å². The first kappa shape index (κ1) is 23.7. The maximum atomic E-state index is 10.7. The minimum absolute atomic E-state index is 0.380. The Morgan fingerprint density at radius 2 is 2.00 bits per heavy atom. The number of anilines is 2. The van der Waals surface area contributed by atoms with Crippen molar-refractivity contribution in [2.45, 2.75) is 51.0 Å². The number of hydrogen-bond acceptors (Lipinski definition) is 11. The van der Waals surface area contributed by atoms with Crippen LogP contribution < -0.4 is 10.6 Å². The maximum Gasteiger partial charge on any atom is 0.224 e. The largest absolute Gasteiger partial charge is 0.390 e. The summed E-state index contributed by atoms with van der Waals surface area (Å²) < 4.78 is 6.08. The molecule has 3 aromatic heterocycles. The third-order valence-electron chi connectivity index (χ3n) is 6.01. The van der Waals surface area contributed by atoms with Gasteiger partial charge in [-0.25, -0.2) is 9.97 Å². The Hall–Kier alpha value is -2.44. The van der Waals surface area contributed by atoms with Gasteiger partial charge in [0.25, 0.3) is 0 Å². The van der Waals surface area contributed by atoms with Crippen molar-refractivity contribution in [3.8, 4) is 10.6 Å². The quantitative estimate of drug-likeness (QED) is 0.306. The monoisotopic (exact) mass is 474 g/mol. The SMILES string of the molecule is COCCNc1ncc(-c2nc3c(C)nccc3s2)c(NC2CC(C(C)(C)O)C(O)C2O)n1. The first-order chi connectivity index (χ1) is 15.7. The highest BCUT2D eigenvalue weighted by Gasteiger charge is 2.47. The number of aliphatic hydroxyl groups is 3. The molecule has 1 saturated carbocycles. The van der Waals surface area contributed by atoms with Crippen molar-refractivity contribution < 1.29 is 20.1 Å². The summed E-state index contributed by atoms with van der Waals surface area (Å²) >= 11 is 1.51. The van der Waals surface area contributed by atoms with E-state index >= 15 is 0 Å². The number of aromatic nitrogens is 4. The maximum absolute atomic E-state index is 10.7. The van der Waals surface area contributed by atoms with Crippen LogP contribution in [0.15, 0.2) is 18.5 Å². The van der Waals surface area contributed by atoms with Crippen LogP contribution in [0.5, 0.6) is 0 Å². The van der Waals surface area contributed by atoms with Gasteiger partial charge in [0.15, 0.2) is 0 Å². The number of rotatable bonds is 8. The van der Waals surface area contributed by atoms with Crippen LogP contribution >= 0.6 is 11.3 Å². The van der Waals surface area contributed by atoms with Crippen molar-refractivity contribution in [3.63, 3.8) is 0 Å². The molecule has 1 aliphatic rings. The van der Waals surface area contributed by atoms with E-state index in [1.165, 1.54) is 11.3 Å². The minimum atomic E-state index is -1.13. The van der Waals surface area contributed by atoms with Crippen LogP contribution in [0.25, 0.3) is 20.8 Å². The van der Waals surface area contributed by atoms with Crippen molar-refractivity contribution in [3.05, 3.63) is 24.2 Å². The molecular formula is C22H30N6O4S. The van der Waals surface area contributed by atoms with Gasteiger partial charge in [0.1, 0.15) is 22.4 Å². The predicted octanol–water partition coefficient (Wildman–Crippen LogP) is 1.81. The second-order valence-corrected chi connectivity index (χ2v) is 9.90. The number of pyridine rings is 1. The summed E-state index contributed by atoms with van der Waals surface area (Å²) in [6.07, 6.45) is 1.71. The fourth-order valence-electron chi connectivity index (χ4n) is 4.15. The van der Waals surface area contributed by atoms with E-state index in [1.54, 1.807) is 33.4 Å². The Morgan fingerprint density at radius 3 is 2.67 bits per heavy atom. The molecule has 11 heteroatoms. The molecule has 3 aromatic rings. The highest BCUT2D eigenvalue weighted by molar-refractivity contribution is 7.21. The molecule has 1 fully saturated rings. The third-order valence-corrected chi connectivity index (χ3v) is 7.06. The first-order valence-corrected chi connectivity index (χ1v) is 11.7. The van der Waals surface area contributed by atoms with Crippen LogP contribution in [0.4, 0.5) is 11.8 Å². The molecule has 10 nitrogen and oxygen atoms in total. The molecule has 0 amide bonds. The van der Waals surface area contributed by atoms with Gasteiger partial charge in [0.2, 0.25) is 5.95 Å². The predicted molar refractivity (Wildman–Crippen MR) is 127 cm³/mol. The van der Waals surface area contributed by atoms with Gasteiger partial charge in [-0.3, -0.25) is 4.98 Å². The smallest absolute Gasteiger partial charge is 0.224 e. The van der Waals surface area contributed by atoms with Crippen molar-refractivity contribution >= 4 is 33.3 Å². The molecule has 0 saturated heterocycles. The Labute approximate surface area is 196 Å². The lowest BCUT2D eigenvalue weighted by Gasteiger charge is -2.28. The molecule has 3 heterocycles. The molecule has 4 atom stereocenters. The van der Waals surface area contributed by atoms with Gasteiger partial charge in [-0.2, -0.15) is 4.98 Å². The van der Waals surface area contributed by atoms with E-state index in [0.29, 0.717) is 36.9 Å². The zero-order valence-electron chi connectivity index (χ0n) is 19.1. The molecule has 5 N–H and O–H groups in total. The molecule has 0 bridgehead atoms. The standard InChI is InChI=1S/C22H30N6O4S/c1-11-16-15(5-6-23-11)33-20(27-16)12-10-25-21(24-7-8-32-4)28-19(12)26-14-9-13(22(2,3)31)17(29)18(14)30/h5-6,10,13-14,17-18,29-31H,7-9H2,1-4H3,(H2,24,25,26,28). The average molecular weight is 475 g/mol. The summed E-state index contributed by atoms with van der Waals surface area (Å²) in [5.74, 6) is 0.414. The van der Waals surface area contributed by atoms with Gasteiger partial charge in [0.05, 0.1) is 40.3 Å². The number of fused-ring (bicyclic) bond motifs is 1. The second-order valence-electron chi connectivity index (χ2n) is 8.87. The van der Waals surface area contributed by atoms with Crippen LogP contribution in [-0.2, 0) is 4.74 Å². The van der Waals surface area contributed by atoms with Crippen molar-refractivity contribution in [2.75, 3.05) is 30.9 Å². The van der Waals surface area contributed by atoms with Gasteiger partial charge < -0.3 is 30.7 Å². The lowest BCUT2D eigenvalue weighted by molar-refractivity contribution is -0.0601. The van der Waals surface area contributed by atoms with Crippen molar-refractivity contribution in [1.29, 1.82) is 0 Å². The number of ether oxygens (including phenoxy) is 1. The number of aryl methyl sites for hydroxylation is 1. The number of nitrogens with one attached hydrogen (secondary N) is 2. The Balaban J connectivity index is 1.69. The Morgan fingerprint density at radius 1 is 1.21 bits per heavy atom. The van der Waals surface area contributed by atoms with Gasteiger partial charge in [-0.15, -0.1) is 11.3 Å². The topological polar surface area (TPSA) is 146 Å². The van der Waals surface area contributed by atoms with Crippen LogP contribution in [0.1, 0.15) is 26.0 Å². The highest BCUT2D eigenvalue weighted by Crippen LogP contribution is 2.39. The van der Waals surface area contributed by atoms with E-state index in [0.717, 1.165) is 20.9 Å². The third kappa shape index (κ3) is 4.92. The summed E-state index contributed by atoms with van der Waals surface area (Å²) in [5, 5.41) is 38.8. The van der Waals surface area contributed by atoms with E-state index in [4.69, 9.17) is 9.72 Å². The van der Waals surface area contributed by atoms with E-state index in [9.17, 15) is 15.3 Å². The Kier molecular flexibility index (Phi) is 6.78. The fraction of sp³-hybridized carbons (Fsp3) is 0.545. The molecule has 0 aromatic carbocycles. The van der Waals surface area contributed by atoms with E-state index in [2.05, 4.69) is 25.6 Å². The van der Waals surface area contributed by atoms with Crippen LogP contribution in [0.3, 0.4) is 0 Å². The number of thiazole rings is 1. The summed E-state index contributed by atoms with van der Waals surface area (Å²) in [5.41, 5.74) is 1.21. The Bertz CT molecular complexity index is 1120. The highest BCUT2D eigenvalue weighted by atomic mass is 32.1. The summed E-state index contributed by atoms with van der Waals surface area (Å²) in [6.45, 7) is 6.23. The number of hydrogen-bond donors (Lipinski definition) is 5. The average Bonchev–Trinajstić information content (AvgIpc) is 3.32. The van der Waals surface area contributed by atoms with Crippen molar-refractivity contribution in [1.82, 2.24) is 19.9 Å². The molecule has 4 rings (SSSR count). The van der Waals surface area contributed by atoms with Crippen LogP contribution in [0.2, 0.25) is 0 Å². The zero-order valence-corrected chi connectivity index (χ0v) is 19.9. The van der Waals surface area contributed by atoms with Crippen molar-refractivity contribution in [2.24, 2.45) is 5.92 Å². The summed E-state index contributed by atoms with van der Waals surface area (Å²) in [6, 6.07) is 1.41. The van der Waals surface area contributed by atoms with E-state index in [-0.39, 0.29) is 0 Å². The van der Waals surface area contributed by atoms with E-state index < -0.39 is 29.8 Å². The van der Waals surface area contributed by atoms with Crippen LogP contribution in [0, 0.1) is 12.8 Å². The van der Waals surface area contributed by atoms with Gasteiger partial charge in [-0.05, 0) is 33.3 Å². The lowest BCUT2D eigenvalue weighted by Crippen LogP contribution is -2.40. The van der Waals surface area contributed by atoms with E-state index in [1.807, 2.05) is 13.0 Å². The zero-order chi connectivity index (χ0) is 23.8. The van der Waals surface area contributed by atoms with Crippen LogP contribution in [-0.4, -0.2) is 79.4 Å². The summed E-state index contributed by atoms with van der Waals surface area (Å²) in [4.78, 5) is 18.1. The number of methoxy groups -OCH3 is 1. The molecule has 178 valence electrons. The minimum Gasteiger partial charge on any atom is -0.390 e. The second kappa shape index (κ2) is 9.43. The summed E-state index contributed by atoms with van der Waals surface area (Å²) in [7, 11) is 1.62.